The lowest BCUT2D eigenvalue weighted by Crippen LogP contribution is -2.13. The number of rotatable bonds is 4. The molecule has 0 atom stereocenters. The standard InChI is InChI=1S/C17H19N5O2S/c1-22-10-12(6-20-22)13-7-18-8-14(13)16(23)21-17-19-9-15(25-17)11-2-4-24-5-3-11/h6-11,18H,2-5H2,1H3,(H,19,21,23). The second-order valence-electron chi connectivity index (χ2n) is 6.09. The second kappa shape index (κ2) is 6.81. The Hall–Kier alpha value is -2.45. The predicted molar refractivity (Wildman–Crippen MR) is 95.9 cm³/mol. The van der Waals surface area contributed by atoms with Gasteiger partial charge < -0.3 is 9.72 Å². The minimum Gasteiger partial charge on any atom is -0.381 e. The van der Waals surface area contributed by atoms with E-state index in [-0.39, 0.29) is 5.91 Å². The molecule has 1 fully saturated rings. The van der Waals surface area contributed by atoms with Gasteiger partial charge in [-0.05, 0) is 18.8 Å². The minimum absolute atomic E-state index is 0.173. The van der Waals surface area contributed by atoms with Crippen LogP contribution in [0.2, 0.25) is 0 Å². The molecule has 1 amide bonds. The smallest absolute Gasteiger partial charge is 0.259 e. The molecule has 1 aliphatic rings. The summed E-state index contributed by atoms with van der Waals surface area (Å²) in [5.74, 6) is 0.308. The van der Waals surface area contributed by atoms with Gasteiger partial charge in [-0.2, -0.15) is 5.10 Å². The molecule has 0 aromatic carbocycles. The Morgan fingerprint density at radius 1 is 1.36 bits per heavy atom. The fourth-order valence-corrected chi connectivity index (χ4v) is 4.01. The molecule has 0 radical (unpaired) electrons. The van der Waals surface area contributed by atoms with Crippen LogP contribution in [0.4, 0.5) is 5.13 Å². The number of carbonyl (C=O) groups excluding carboxylic acids is 1. The first-order valence-electron chi connectivity index (χ1n) is 8.21. The zero-order valence-electron chi connectivity index (χ0n) is 13.9. The van der Waals surface area contributed by atoms with Gasteiger partial charge in [-0.25, -0.2) is 4.98 Å². The zero-order valence-corrected chi connectivity index (χ0v) is 14.7. The molecule has 0 spiro atoms. The number of hydrogen-bond acceptors (Lipinski definition) is 5. The average molecular weight is 357 g/mol. The number of H-pyrrole nitrogens is 1. The molecule has 0 bridgehead atoms. The number of ether oxygens (including phenoxy) is 1. The van der Waals surface area contributed by atoms with E-state index in [0.717, 1.165) is 37.2 Å². The lowest BCUT2D eigenvalue weighted by Gasteiger charge is -2.20. The average Bonchev–Trinajstić information content (AvgIpc) is 3.35. The van der Waals surface area contributed by atoms with Crippen LogP contribution in [-0.2, 0) is 11.8 Å². The Balaban J connectivity index is 1.49. The number of aromatic nitrogens is 4. The largest absolute Gasteiger partial charge is 0.381 e. The van der Waals surface area contributed by atoms with Gasteiger partial charge in [0.1, 0.15) is 0 Å². The number of amides is 1. The fraction of sp³-hybridized carbons (Fsp3) is 0.353. The molecule has 0 saturated carbocycles. The van der Waals surface area contributed by atoms with Crippen molar-refractivity contribution in [3.05, 3.63) is 41.4 Å². The summed E-state index contributed by atoms with van der Waals surface area (Å²) in [6.07, 6.45) is 11.0. The van der Waals surface area contributed by atoms with Gasteiger partial charge in [0.25, 0.3) is 5.91 Å². The summed E-state index contributed by atoms with van der Waals surface area (Å²) in [5, 5.41) is 7.70. The minimum atomic E-state index is -0.173. The van der Waals surface area contributed by atoms with Crippen molar-refractivity contribution in [3.8, 4) is 11.1 Å². The van der Waals surface area contributed by atoms with Gasteiger partial charge in [-0.15, -0.1) is 11.3 Å². The van der Waals surface area contributed by atoms with E-state index in [1.165, 1.54) is 4.88 Å². The molecule has 3 aromatic heterocycles. The molecule has 1 saturated heterocycles. The maximum atomic E-state index is 12.7. The van der Waals surface area contributed by atoms with Crippen LogP contribution in [-0.4, -0.2) is 38.9 Å². The molecule has 7 nitrogen and oxygen atoms in total. The highest BCUT2D eigenvalue weighted by molar-refractivity contribution is 7.15. The predicted octanol–water partition coefficient (Wildman–Crippen LogP) is 3.02. The van der Waals surface area contributed by atoms with Crippen molar-refractivity contribution < 1.29 is 9.53 Å². The highest BCUT2D eigenvalue weighted by atomic mass is 32.1. The van der Waals surface area contributed by atoms with E-state index in [4.69, 9.17) is 4.74 Å². The van der Waals surface area contributed by atoms with Crippen molar-refractivity contribution in [2.24, 2.45) is 7.05 Å². The van der Waals surface area contributed by atoms with Crippen LogP contribution in [0.5, 0.6) is 0 Å². The third kappa shape index (κ3) is 3.35. The molecular formula is C17H19N5O2S. The van der Waals surface area contributed by atoms with Crippen LogP contribution >= 0.6 is 11.3 Å². The molecule has 1 aliphatic heterocycles. The molecule has 25 heavy (non-hydrogen) atoms. The molecule has 0 unspecified atom stereocenters. The summed E-state index contributed by atoms with van der Waals surface area (Å²) in [6.45, 7) is 1.59. The van der Waals surface area contributed by atoms with Gasteiger partial charge in [-0.1, -0.05) is 0 Å². The van der Waals surface area contributed by atoms with Gasteiger partial charge in [-0.3, -0.25) is 14.8 Å². The molecule has 4 rings (SSSR count). The third-order valence-electron chi connectivity index (χ3n) is 4.37. The van der Waals surface area contributed by atoms with E-state index in [0.29, 0.717) is 16.6 Å². The molecule has 4 heterocycles. The number of anilines is 1. The topological polar surface area (TPSA) is 84.8 Å². The zero-order chi connectivity index (χ0) is 17.2. The number of aryl methyl sites for hydroxylation is 1. The Kier molecular flexibility index (Phi) is 4.37. The summed E-state index contributed by atoms with van der Waals surface area (Å²) in [7, 11) is 1.85. The normalized spacial score (nSPS) is 15.4. The van der Waals surface area contributed by atoms with E-state index in [1.807, 2.05) is 19.4 Å². The maximum absolute atomic E-state index is 12.7. The number of aromatic amines is 1. The summed E-state index contributed by atoms with van der Waals surface area (Å²) in [6, 6.07) is 0. The van der Waals surface area contributed by atoms with E-state index >= 15 is 0 Å². The Morgan fingerprint density at radius 3 is 2.96 bits per heavy atom. The number of carbonyl (C=O) groups is 1. The number of nitrogens with zero attached hydrogens (tertiary/aromatic N) is 3. The lowest BCUT2D eigenvalue weighted by molar-refractivity contribution is 0.0859. The van der Waals surface area contributed by atoms with E-state index in [2.05, 4.69) is 20.4 Å². The van der Waals surface area contributed by atoms with Gasteiger partial charge >= 0.3 is 0 Å². The first-order chi connectivity index (χ1) is 12.2. The van der Waals surface area contributed by atoms with Crippen molar-refractivity contribution in [1.82, 2.24) is 19.7 Å². The van der Waals surface area contributed by atoms with Crippen LogP contribution in [0.15, 0.2) is 31.0 Å². The van der Waals surface area contributed by atoms with Gasteiger partial charge in [0.2, 0.25) is 0 Å². The van der Waals surface area contributed by atoms with Crippen LogP contribution in [0, 0.1) is 0 Å². The Bertz CT molecular complexity index is 875. The van der Waals surface area contributed by atoms with Crippen molar-refractivity contribution in [2.75, 3.05) is 18.5 Å². The molecule has 2 N–H and O–H groups in total. The summed E-state index contributed by atoms with van der Waals surface area (Å²) < 4.78 is 7.12. The van der Waals surface area contributed by atoms with Crippen LogP contribution in [0.3, 0.4) is 0 Å². The van der Waals surface area contributed by atoms with Crippen LogP contribution < -0.4 is 5.32 Å². The fourth-order valence-electron chi connectivity index (χ4n) is 3.03. The van der Waals surface area contributed by atoms with E-state index in [9.17, 15) is 4.79 Å². The van der Waals surface area contributed by atoms with Crippen LogP contribution in [0.25, 0.3) is 11.1 Å². The Labute approximate surface area is 149 Å². The van der Waals surface area contributed by atoms with Crippen molar-refractivity contribution >= 4 is 22.4 Å². The molecule has 0 aliphatic carbocycles. The van der Waals surface area contributed by atoms with Crippen molar-refractivity contribution in [2.45, 2.75) is 18.8 Å². The second-order valence-corrected chi connectivity index (χ2v) is 7.16. The monoisotopic (exact) mass is 357 g/mol. The summed E-state index contributed by atoms with van der Waals surface area (Å²) >= 11 is 1.55. The van der Waals surface area contributed by atoms with E-state index < -0.39 is 0 Å². The molecule has 130 valence electrons. The SMILES string of the molecule is Cn1cc(-c2c[nH]cc2C(=O)Nc2ncc(C3CCOCC3)s2)cn1. The first-order valence-corrected chi connectivity index (χ1v) is 9.03. The van der Waals surface area contributed by atoms with Gasteiger partial charge in [0, 0.05) is 61.1 Å². The Morgan fingerprint density at radius 2 is 2.20 bits per heavy atom. The van der Waals surface area contributed by atoms with Crippen LogP contribution in [0.1, 0.15) is 34.0 Å². The molecule has 3 aromatic rings. The molecule has 8 heteroatoms. The summed E-state index contributed by atoms with van der Waals surface area (Å²) in [4.78, 5) is 21.2. The van der Waals surface area contributed by atoms with Gasteiger partial charge in [0.15, 0.2) is 5.13 Å². The summed E-state index contributed by atoms with van der Waals surface area (Å²) in [5.41, 5.74) is 2.30. The van der Waals surface area contributed by atoms with Gasteiger partial charge in [0.05, 0.1) is 11.8 Å². The lowest BCUT2D eigenvalue weighted by atomic mass is 9.99. The molecular weight excluding hydrogens is 338 g/mol. The number of thiazole rings is 1. The first kappa shape index (κ1) is 16.0. The third-order valence-corrected chi connectivity index (χ3v) is 5.45. The number of hydrogen-bond donors (Lipinski definition) is 2. The van der Waals surface area contributed by atoms with Crippen molar-refractivity contribution in [3.63, 3.8) is 0 Å². The maximum Gasteiger partial charge on any atom is 0.259 e. The quantitative estimate of drug-likeness (QED) is 0.752. The highest BCUT2D eigenvalue weighted by Gasteiger charge is 2.20. The highest BCUT2D eigenvalue weighted by Crippen LogP contribution is 2.33. The van der Waals surface area contributed by atoms with Crippen molar-refractivity contribution in [1.29, 1.82) is 0 Å². The van der Waals surface area contributed by atoms with E-state index in [1.54, 1.807) is 34.6 Å². The number of nitrogens with one attached hydrogen (secondary N) is 2.